The monoisotopic (exact) mass is 544 g/mol. The average Bonchev–Trinajstić information content (AvgIpc) is 3.68. The lowest BCUT2D eigenvalue weighted by Crippen LogP contribution is -2.57. The molecule has 11 heteroatoms. The van der Waals surface area contributed by atoms with Gasteiger partial charge in [-0.25, -0.2) is 4.98 Å². The van der Waals surface area contributed by atoms with Crippen LogP contribution in [0.3, 0.4) is 0 Å². The number of primary amides is 1. The molecule has 2 aliphatic rings. The number of aromatic amines is 1. The summed E-state index contributed by atoms with van der Waals surface area (Å²) >= 11 is 0. The highest BCUT2D eigenvalue weighted by atomic mass is 16.2. The minimum atomic E-state index is -0.997. The van der Waals surface area contributed by atoms with Crippen molar-refractivity contribution in [1.29, 1.82) is 0 Å². The molecule has 11 nitrogen and oxygen atoms in total. The molecule has 0 unspecified atom stereocenters. The Balaban J connectivity index is 1.57. The third kappa shape index (κ3) is 8.63. The van der Waals surface area contributed by atoms with E-state index in [9.17, 15) is 24.0 Å². The first-order valence-electron chi connectivity index (χ1n) is 14.6. The van der Waals surface area contributed by atoms with E-state index in [1.54, 1.807) is 6.20 Å². The number of carbonyl (C=O) groups is 5. The first kappa shape index (κ1) is 30.3. The fourth-order valence-corrected chi connectivity index (χ4v) is 5.56. The summed E-state index contributed by atoms with van der Waals surface area (Å²) in [5, 5.41) is 2.77. The van der Waals surface area contributed by atoms with Crippen molar-refractivity contribution in [3.05, 3.63) is 18.2 Å². The molecule has 0 saturated carbocycles. The number of likely N-dealkylation sites (tertiary alicyclic amines) is 2. The predicted octanol–water partition coefficient (Wildman–Crippen LogP) is 2.35. The van der Waals surface area contributed by atoms with Crippen LogP contribution in [0.15, 0.2) is 12.5 Å². The number of nitrogens with one attached hydrogen (secondary N) is 2. The quantitative estimate of drug-likeness (QED) is 0.271. The summed E-state index contributed by atoms with van der Waals surface area (Å²) in [5.74, 6) is -2.25. The second-order valence-corrected chi connectivity index (χ2v) is 10.7. The van der Waals surface area contributed by atoms with Crippen LogP contribution < -0.4 is 11.1 Å². The van der Waals surface area contributed by atoms with Gasteiger partial charge in [-0.1, -0.05) is 58.3 Å². The maximum atomic E-state index is 13.4. The zero-order valence-electron chi connectivity index (χ0n) is 23.2. The summed E-state index contributed by atoms with van der Waals surface area (Å²) in [5.41, 5.74) is 6.13. The summed E-state index contributed by atoms with van der Waals surface area (Å²) in [7, 11) is 0. The van der Waals surface area contributed by atoms with Gasteiger partial charge in [0, 0.05) is 37.7 Å². The van der Waals surface area contributed by atoms with Crippen molar-refractivity contribution in [2.75, 3.05) is 6.54 Å². The highest BCUT2D eigenvalue weighted by Crippen LogP contribution is 2.23. The van der Waals surface area contributed by atoms with Gasteiger partial charge in [-0.15, -0.1) is 0 Å². The van der Waals surface area contributed by atoms with E-state index in [0.717, 1.165) is 24.2 Å². The van der Waals surface area contributed by atoms with Gasteiger partial charge in [0.15, 0.2) is 0 Å². The molecule has 5 amide bonds. The maximum absolute atomic E-state index is 13.4. The van der Waals surface area contributed by atoms with E-state index >= 15 is 0 Å². The Labute approximate surface area is 230 Å². The van der Waals surface area contributed by atoms with Crippen molar-refractivity contribution < 1.29 is 24.0 Å². The van der Waals surface area contributed by atoms with Crippen LogP contribution in [0.1, 0.15) is 103 Å². The second-order valence-electron chi connectivity index (χ2n) is 10.7. The molecule has 2 aliphatic heterocycles. The molecule has 0 bridgehead atoms. The van der Waals surface area contributed by atoms with E-state index in [0.29, 0.717) is 31.5 Å². The Hall–Kier alpha value is -3.24. The van der Waals surface area contributed by atoms with Gasteiger partial charge in [0.05, 0.1) is 6.33 Å². The number of hydrogen-bond donors (Lipinski definition) is 3. The van der Waals surface area contributed by atoms with Crippen molar-refractivity contribution in [3.8, 4) is 0 Å². The zero-order chi connectivity index (χ0) is 28.2. The first-order chi connectivity index (χ1) is 18.8. The molecular weight excluding hydrogens is 500 g/mol. The molecule has 1 aromatic heterocycles. The van der Waals surface area contributed by atoms with Crippen LogP contribution in [0, 0.1) is 0 Å². The summed E-state index contributed by atoms with van der Waals surface area (Å²) in [6.45, 7) is 2.57. The minimum absolute atomic E-state index is 0.108. The summed E-state index contributed by atoms with van der Waals surface area (Å²) < 4.78 is 0. The second kappa shape index (κ2) is 15.4. The minimum Gasteiger partial charge on any atom is -0.368 e. The van der Waals surface area contributed by atoms with Gasteiger partial charge >= 0.3 is 0 Å². The normalized spacial score (nSPS) is 19.9. The van der Waals surface area contributed by atoms with Gasteiger partial charge in [0.1, 0.15) is 18.1 Å². The van der Waals surface area contributed by atoms with E-state index in [-0.39, 0.29) is 37.5 Å². The van der Waals surface area contributed by atoms with Crippen LogP contribution in [0.5, 0.6) is 0 Å². The molecule has 4 N–H and O–H groups in total. The van der Waals surface area contributed by atoms with E-state index in [2.05, 4.69) is 22.2 Å². The lowest BCUT2D eigenvalue weighted by molar-refractivity contribution is -0.148. The van der Waals surface area contributed by atoms with Crippen molar-refractivity contribution in [2.24, 2.45) is 5.73 Å². The topological polar surface area (TPSA) is 159 Å². The number of rotatable bonds is 16. The van der Waals surface area contributed by atoms with Crippen molar-refractivity contribution in [3.63, 3.8) is 0 Å². The van der Waals surface area contributed by atoms with Crippen LogP contribution in [-0.4, -0.2) is 74.0 Å². The molecule has 2 fully saturated rings. The molecular formula is C28H44N6O5. The SMILES string of the molecule is CCCCCCCCCCCC(=O)N1C(=O)CC[C@H]1C(=O)N[C@@H](Cc1cnc[nH]1)C(=O)N1CCC[C@H]1C(N)=O. The van der Waals surface area contributed by atoms with Crippen molar-refractivity contribution in [2.45, 2.75) is 121 Å². The molecule has 0 aromatic carbocycles. The predicted molar refractivity (Wildman–Crippen MR) is 145 cm³/mol. The van der Waals surface area contributed by atoms with Gasteiger partial charge in [-0.05, 0) is 25.7 Å². The molecule has 2 saturated heterocycles. The number of H-pyrrole nitrogens is 1. The van der Waals surface area contributed by atoms with E-state index in [1.807, 2.05) is 0 Å². The lowest BCUT2D eigenvalue weighted by atomic mass is 10.1. The zero-order valence-corrected chi connectivity index (χ0v) is 23.2. The third-order valence-electron chi connectivity index (χ3n) is 7.74. The molecule has 216 valence electrons. The fraction of sp³-hybridized carbons (Fsp3) is 0.714. The van der Waals surface area contributed by atoms with E-state index in [4.69, 9.17) is 5.73 Å². The fourth-order valence-electron chi connectivity index (χ4n) is 5.56. The summed E-state index contributed by atoms with van der Waals surface area (Å²) in [6.07, 6.45) is 14.8. The number of nitrogens with zero attached hydrogens (tertiary/aromatic N) is 3. The number of amides is 5. The molecule has 3 heterocycles. The number of imide groups is 1. The summed E-state index contributed by atoms with van der Waals surface area (Å²) in [6, 6.07) is -2.67. The highest BCUT2D eigenvalue weighted by Gasteiger charge is 2.42. The number of hydrogen-bond acceptors (Lipinski definition) is 6. The Morgan fingerprint density at radius 2 is 1.74 bits per heavy atom. The van der Waals surface area contributed by atoms with Crippen LogP contribution >= 0.6 is 0 Å². The van der Waals surface area contributed by atoms with Gasteiger partial charge in [-0.3, -0.25) is 28.9 Å². The first-order valence-corrected chi connectivity index (χ1v) is 14.6. The number of aromatic nitrogens is 2. The summed E-state index contributed by atoms with van der Waals surface area (Å²) in [4.78, 5) is 73.6. The third-order valence-corrected chi connectivity index (χ3v) is 7.74. The lowest BCUT2D eigenvalue weighted by Gasteiger charge is -2.29. The molecule has 0 spiro atoms. The molecule has 1 aromatic rings. The van der Waals surface area contributed by atoms with Gasteiger partial charge in [0.25, 0.3) is 0 Å². The largest absolute Gasteiger partial charge is 0.368 e. The van der Waals surface area contributed by atoms with Crippen LogP contribution in [0.25, 0.3) is 0 Å². The van der Waals surface area contributed by atoms with Crippen LogP contribution in [0.4, 0.5) is 0 Å². The van der Waals surface area contributed by atoms with Gasteiger partial charge in [-0.2, -0.15) is 0 Å². The average molecular weight is 545 g/mol. The van der Waals surface area contributed by atoms with Crippen LogP contribution in [-0.2, 0) is 30.4 Å². The van der Waals surface area contributed by atoms with Crippen molar-refractivity contribution in [1.82, 2.24) is 25.1 Å². The number of carbonyl (C=O) groups excluding carboxylic acids is 5. The van der Waals surface area contributed by atoms with Gasteiger partial charge in [0.2, 0.25) is 29.5 Å². The number of imidazole rings is 1. The number of nitrogens with two attached hydrogens (primary N) is 1. The standard InChI is InChI=1S/C28H44N6O5/c1-2-3-4-5-6-7-8-9-10-13-24(35)34-23(14-15-25(34)36)27(38)32-21(17-20-18-30-19-31-20)28(39)33-16-11-12-22(33)26(29)37/h18-19,21-23H,2-17H2,1H3,(H2,29,37)(H,30,31)(H,32,38)/t21-,22-,23-/m0/s1. The maximum Gasteiger partial charge on any atom is 0.246 e. The highest BCUT2D eigenvalue weighted by molar-refractivity contribution is 6.03. The molecule has 39 heavy (non-hydrogen) atoms. The van der Waals surface area contributed by atoms with E-state index in [1.165, 1.54) is 43.3 Å². The molecule has 0 aliphatic carbocycles. The molecule has 3 rings (SSSR count). The Kier molecular flexibility index (Phi) is 11.9. The Morgan fingerprint density at radius 3 is 2.38 bits per heavy atom. The van der Waals surface area contributed by atoms with Crippen LogP contribution in [0.2, 0.25) is 0 Å². The smallest absolute Gasteiger partial charge is 0.246 e. The Bertz CT molecular complexity index is 981. The molecule has 3 atom stereocenters. The van der Waals surface area contributed by atoms with Crippen molar-refractivity contribution >= 4 is 29.5 Å². The molecule has 0 radical (unpaired) electrons. The van der Waals surface area contributed by atoms with E-state index < -0.39 is 35.8 Å². The van der Waals surface area contributed by atoms with Gasteiger partial charge < -0.3 is 20.9 Å². The number of unbranched alkanes of at least 4 members (excludes halogenated alkanes) is 8. The Morgan fingerprint density at radius 1 is 1.05 bits per heavy atom.